The predicted octanol–water partition coefficient (Wildman–Crippen LogP) is 1.32. The molecule has 0 heterocycles. The van der Waals surface area contributed by atoms with E-state index in [2.05, 4.69) is 5.32 Å². The van der Waals surface area contributed by atoms with Crippen molar-refractivity contribution in [1.82, 2.24) is 10.2 Å². The molecule has 1 aromatic carbocycles. The molecule has 0 atom stereocenters. The zero-order valence-corrected chi connectivity index (χ0v) is 11.9. The fraction of sp³-hybridized carbons (Fsp3) is 0.467. The quantitative estimate of drug-likeness (QED) is 0.852. The fourth-order valence-corrected chi connectivity index (χ4v) is 1.90. The Morgan fingerprint density at radius 3 is 2.45 bits per heavy atom. The molecule has 1 saturated carbocycles. The van der Waals surface area contributed by atoms with Gasteiger partial charge in [0.05, 0.1) is 13.7 Å². The average Bonchev–Trinajstić information content (AvgIpc) is 3.22. The van der Waals surface area contributed by atoms with Crippen molar-refractivity contribution >= 4 is 11.8 Å². The number of rotatable bonds is 6. The predicted molar refractivity (Wildman–Crippen MR) is 75.2 cm³/mol. The number of carbonyl (C=O) groups excluding carboxylic acids is 2. The Morgan fingerprint density at radius 1 is 1.30 bits per heavy atom. The van der Waals surface area contributed by atoms with Crippen LogP contribution in [0.2, 0.25) is 0 Å². The van der Waals surface area contributed by atoms with E-state index in [9.17, 15) is 9.59 Å². The van der Waals surface area contributed by atoms with Crippen molar-refractivity contribution in [2.45, 2.75) is 32.4 Å². The summed E-state index contributed by atoms with van der Waals surface area (Å²) in [7, 11) is 1.61. The third-order valence-corrected chi connectivity index (χ3v) is 3.25. The molecule has 0 unspecified atom stereocenters. The summed E-state index contributed by atoms with van der Waals surface area (Å²) < 4.78 is 5.09. The zero-order chi connectivity index (χ0) is 14.5. The number of hydrogen-bond donors (Lipinski definition) is 1. The number of benzene rings is 1. The van der Waals surface area contributed by atoms with Gasteiger partial charge in [0.2, 0.25) is 11.8 Å². The fourth-order valence-electron chi connectivity index (χ4n) is 1.90. The molecule has 2 amide bonds. The number of methoxy groups -OCH3 is 1. The van der Waals surface area contributed by atoms with Gasteiger partial charge in [-0.15, -0.1) is 0 Å². The maximum atomic E-state index is 11.8. The van der Waals surface area contributed by atoms with E-state index in [1.54, 1.807) is 12.0 Å². The first kappa shape index (κ1) is 14.4. The lowest BCUT2D eigenvalue weighted by Gasteiger charge is -2.20. The first-order valence-electron chi connectivity index (χ1n) is 6.76. The highest BCUT2D eigenvalue weighted by Gasteiger charge is 2.24. The number of hydrogen-bond acceptors (Lipinski definition) is 3. The van der Waals surface area contributed by atoms with Crippen LogP contribution < -0.4 is 10.1 Å². The van der Waals surface area contributed by atoms with E-state index in [0.29, 0.717) is 12.6 Å². The summed E-state index contributed by atoms with van der Waals surface area (Å²) in [5, 5.41) is 2.89. The van der Waals surface area contributed by atoms with Crippen LogP contribution in [0.25, 0.3) is 0 Å². The number of ether oxygens (including phenoxy) is 1. The van der Waals surface area contributed by atoms with E-state index in [-0.39, 0.29) is 18.4 Å². The summed E-state index contributed by atoms with van der Waals surface area (Å²) in [6.45, 7) is 2.02. The van der Waals surface area contributed by atoms with E-state index in [0.717, 1.165) is 24.2 Å². The molecule has 0 saturated heterocycles. The molecule has 1 aromatic rings. The molecule has 5 heteroatoms. The van der Waals surface area contributed by atoms with E-state index in [4.69, 9.17) is 4.74 Å². The Bertz CT molecular complexity index is 480. The molecule has 0 aliphatic heterocycles. The lowest BCUT2D eigenvalue weighted by atomic mass is 10.2. The molecular formula is C15H20N2O3. The summed E-state index contributed by atoms with van der Waals surface area (Å²) in [6.07, 6.45) is 2.09. The largest absolute Gasteiger partial charge is 0.497 e. The molecule has 1 aliphatic carbocycles. The van der Waals surface area contributed by atoms with Crippen LogP contribution in [0.5, 0.6) is 5.75 Å². The molecule has 1 N–H and O–H groups in total. The van der Waals surface area contributed by atoms with Crippen molar-refractivity contribution in [2.24, 2.45) is 0 Å². The van der Waals surface area contributed by atoms with Crippen molar-refractivity contribution < 1.29 is 14.3 Å². The lowest BCUT2D eigenvalue weighted by Crippen LogP contribution is -2.40. The van der Waals surface area contributed by atoms with Crippen LogP contribution in [0.1, 0.15) is 25.3 Å². The molecule has 0 aromatic heterocycles. The van der Waals surface area contributed by atoms with E-state index < -0.39 is 0 Å². The molecule has 108 valence electrons. The van der Waals surface area contributed by atoms with Gasteiger partial charge in [0.25, 0.3) is 0 Å². The summed E-state index contributed by atoms with van der Waals surface area (Å²) in [5.41, 5.74) is 0.972. The van der Waals surface area contributed by atoms with E-state index in [1.165, 1.54) is 6.92 Å². The molecule has 0 bridgehead atoms. The maximum Gasteiger partial charge on any atom is 0.239 e. The summed E-state index contributed by atoms with van der Waals surface area (Å²) in [6, 6.07) is 7.80. The van der Waals surface area contributed by atoms with Gasteiger partial charge in [-0.2, -0.15) is 0 Å². The third kappa shape index (κ3) is 4.26. The topological polar surface area (TPSA) is 58.6 Å². The smallest absolute Gasteiger partial charge is 0.239 e. The second-order valence-electron chi connectivity index (χ2n) is 5.06. The Labute approximate surface area is 118 Å². The Kier molecular flexibility index (Phi) is 4.61. The highest BCUT2D eigenvalue weighted by atomic mass is 16.5. The number of carbonyl (C=O) groups is 2. The van der Waals surface area contributed by atoms with E-state index >= 15 is 0 Å². The van der Waals surface area contributed by atoms with Crippen LogP contribution >= 0.6 is 0 Å². The lowest BCUT2D eigenvalue weighted by molar-refractivity contribution is -0.135. The average molecular weight is 276 g/mol. The molecular weight excluding hydrogens is 256 g/mol. The summed E-state index contributed by atoms with van der Waals surface area (Å²) in [5.74, 6) is 0.581. The van der Waals surface area contributed by atoms with Crippen molar-refractivity contribution in [1.29, 1.82) is 0 Å². The van der Waals surface area contributed by atoms with Gasteiger partial charge in [0.15, 0.2) is 0 Å². The minimum atomic E-state index is -0.105. The molecule has 2 rings (SSSR count). The molecule has 0 radical (unpaired) electrons. The first-order chi connectivity index (χ1) is 9.58. The second kappa shape index (κ2) is 6.41. The van der Waals surface area contributed by atoms with Crippen LogP contribution in [-0.4, -0.2) is 36.4 Å². The van der Waals surface area contributed by atoms with Gasteiger partial charge in [-0.25, -0.2) is 0 Å². The maximum absolute atomic E-state index is 11.8. The molecule has 20 heavy (non-hydrogen) atoms. The molecule has 1 aliphatic rings. The molecule has 1 fully saturated rings. The number of amides is 2. The third-order valence-electron chi connectivity index (χ3n) is 3.25. The van der Waals surface area contributed by atoms with Crippen LogP contribution in [0, 0.1) is 0 Å². The number of nitrogens with one attached hydrogen (secondary N) is 1. The Morgan fingerprint density at radius 2 is 1.95 bits per heavy atom. The summed E-state index contributed by atoms with van der Waals surface area (Å²) >= 11 is 0. The van der Waals surface area contributed by atoms with Gasteiger partial charge in [0, 0.05) is 19.5 Å². The summed E-state index contributed by atoms with van der Waals surface area (Å²) in [4.78, 5) is 24.9. The standard InChI is InChI=1S/C15H20N2O3/c1-11(18)17(10-15(19)16-13-5-6-13)9-12-3-7-14(20-2)8-4-12/h3-4,7-8,13H,5-6,9-10H2,1-2H3,(H,16,19). The van der Waals surface area contributed by atoms with Gasteiger partial charge < -0.3 is 15.0 Å². The minimum Gasteiger partial charge on any atom is -0.497 e. The SMILES string of the molecule is COc1ccc(CN(CC(=O)NC2CC2)C(C)=O)cc1. The molecule has 0 spiro atoms. The number of nitrogens with zero attached hydrogens (tertiary/aromatic N) is 1. The monoisotopic (exact) mass is 276 g/mol. The Balaban J connectivity index is 1.93. The van der Waals surface area contributed by atoms with Gasteiger partial charge in [-0.3, -0.25) is 9.59 Å². The van der Waals surface area contributed by atoms with Gasteiger partial charge >= 0.3 is 0 Å². The van der Waals surface area contributed by atoms with Crippen LogP contribution in [0.15, 0.2) is 24.3 Å². The Hall–Kier alpha value is -2.04. The van der Waals surface area contributed by atoms with E-state index in [1.807, 2.05) is 24.3 Å². The molecule has 5 nitrogen and oxygen atoms in total. The van der Waals surface area contributed by atoms with Crippen LogP contribution in [-0.2, 0) is 16.1 Å². The van der Waals surface area contributed by atoms with Crippen molar-refractivity contribution in [3.8, 4) is 5.75 Å². The minimum absolute atomic E-state index is 0.0868. The van der Waals surface area contributed by atoms with Gasteiger partial charge in [0.1, 0.15) is 5.75 Å². The van der Waals surface area contributed by atoms with Crippen LogP contribution in [0.4, 0.5) is 0 Å². The van der Waals surface area contributed by atoms with Gasteiger partial charge in [-0.05, 0) is 30.5 Å². The highest BCUT2D eigenvalue weighted by Crippen LogP contribution is 2.18. The highest BCUT2D eigenvalue weighted by molar-refractivity contribution is 5.84. The van der Waals surface area contributed by atoms with Crippen molar-refractivity contribution in [3.05, 3.63) is 29.8 Å². The van der Waals surface area contributed by atoms with Gasteiger partial charge in [-0.1, -0.05) is 12.1 Å². The van der Waals surface area contributed by atoms with Crippen molar-refractivity contribution in [2.75, 3.05) is 13.7 Å². The normalized spacial score (nSPS) is 13.7. The zero-order valence-electron chi connectivity index (χ0n) is 11.9. The van der Waals surface area contributed by atoms with Crippen LogP contribution in [0.3, 0.4) is 0 Å². The second-order valence-corrected chi connectivity index (χ2v) is 5.06. The van der Waals surface area contributed by atoms with Crippen molar-refractivity contribution in [3.63, 3.8) is 0 Å². The first-order valence-corrected chi connectivity index (χ1v) is 6.76.